The third-order valence-electron chi connectivity index (χ3n) is 8.27. The van der Waals surface area contributed by atoms with E-state index in [2.05, 4.69) is 59.7 Å². The Morgan fingerprint density at radius 3 is 2.17 bits per heavy atom. The van der Waals surface area contributed by atoms with E-state index in [1.54, 1.807) is 31.4 Å². The Hall–Kier alpha value is -2.98. The van der Waals surface area contributed by atoms with Gasteiger partial charge >= 0.3 is 0 Å². The van der Waals surface area contributed by atoms with Crippen molar-refractivity contribution in [1.29, 1.82) is 0 Å². The Kier molecular flexibility index (Phi) is 11.1. The lowest BCUT2D eigenvalue weighted by atomic mass is 9.76. The van der Waals surface area contributed by atoms with Gasteiger partial charge in [-0.15, -0.1) is 0 Å². The Morgan fingerprint density at radius 2 is 1.52 bits per heavy atom. The van der Waals surface area contributed by atoms with E-state index in [9.17, 15) is 4.79 Å². The molecule has 216 valence electrons. The molecule has 3 aromatic rings. The number of rotatable bonds is 14. The average molecular weight is 564 g/mol. The van der Waals surface area contributed by atoms with E-state index in [0.29, 0.717) is 30.3 Å². The lowest BCUT2D eigenvalue weighted by Gasteiger charge is -2.30. The van der Waals surface area contributed by atoms with Crippen molar-refractivity contribution in [1.82, 2.24) is 4.90 Å². The molecule has 4 nitrogen and oxygen atoms in total. The van der Waals surface area contributed by atoms with Crippen LogP contribution in [0.1, 0.15) is 94.3 Å². The van der Waals surface area contributed by atoms with E-state index in [1.807, 2.05) is 29.2 Å². The van der Waals surface area contributed by atoms with Crippen LogP contribution < -0.4 is 9.47 Å². The first kappa shape index (κ1) is 31.5. The lowest BCUT2D eigenvalue weighted by molar-refractivity contribution is 0.0736. The highest BCUT2D eigenvalue weighted by atomic mass is 35.5. The van der Waals surface area contributed by atoms with Gasteiger partial charge in [0.25, 0.3) is 5.91 Å². The van der Waals surface area contributed by atoms with Gasteiger partial charge in [0.2, 0.25) is 0 Å². The summed E-state index contributed by atoms with van der Waals surface area (Å²) < 4.78 is 11.9. The molecular formula is C35H46ClNO3. The van der Waals surface area contributed by atoms with Crippen LogP contribution in [0.3, 0.4) is 0 Å². The molecule has 0 aliphatic heterocycles. The fourth-order valence-electron chi connectivity index (χ4n) is 4.65. The monoisotopic (exact) mass is 563 g/mol. The fraction of sp³-hybridized carbons (Fsp3) is 0.457. The van der Waals surface area contributed by atoms with Crippen LogP contribution in [0.5, 0.6) is 11.5 Å². The minimum atomic E-state index is -0.0235. The molecule has 0 N–H and O–H groups in total. The molecule has 0 fully saturated rings. The molecule has 0 aliphatic rings. The molecular weight excluding hydrogens is 518 g/mol. The number of unbranched alkanes of at least 4 members (excludes halogenated alkanes) is 1. The standard InChI is InChI=1S/C35H46ClNO3/c1-8-34(3,4)28-18-21-32(30(24-28)35(5,6)9-2)40-23-13-12-22-37(25-27-14-10-11-15-31(27)39-7)33(38)26-16-19-29(36)20-17-26/h10-11,14-21,24H,8-9,12-13,22-23,25H2,1-7H3. The Labute approximate surface area is 246 Å². The molecule has 0 saturated heterocycles. The van der Waals surface area contributed by atoms with E-state index in [4.69, 9.17) is 21.1 Å². The number of methoxy groups -OCH3 is 1. The summed E-state index contributed by atoms with van der Waals surface area (Å²) in [6.45, 7) is 15.3. The quantitative estimate of drug-likeness (QED) is 0.183. The summed E-state index contributed by atoms with van der Waals surface area (Å²) in [5, 5.41) is 0.613. The van der Waals surface area contributed by atoms with Crippen molar-refractivity contribution in [2.45, 2.75) is 84.6 Å². The maximum atomic E-state index is 13.5. The van der Waals surface area contributed by atoms with E-state index in [1.165, 1.54) is 11.1 Å². The van der Waals surface area contributed by atoms with E-state index in [0.717, 1.165) is 42.7 Å². The van der Waals surface area contributed by atoms with Crippen molar-refractivity contribution in [3.05, 3.63) is 94.0 Å². The summed E-state index contributed by atoms with van der Waals surface area (Å²) in [5.74, 6) is 1.72. The zero-order valence-electron chi connectivity index (χ0n) is 25.4. The number of halogens is 1. The second kappa shape index (κ2) is 14.1. The summed E-state index contributed by atoms with van der Waals surface area (Å²) in [6, 6.07) is 21.6. The van der Waals surface area contributed by atoms with Gasteiger partial charge in [0, 0.05) is 34.8 Å². The number of hydrogen-bond donors (Lipinski definition) is 0. The van der Waals surface area contributed by atoms with Crippen molar-refractivity contribution in [2.75, 3.05) is 20.3 Å². The number of hydrogen-bond acceptors (Lipinski definition) is 3. The van der Waals surface area contributed by atoms with Gasteiger partial charge in [0.05, 0.1) is 13.7 Å². The SMILES string of the molecule is CCC(C)(C)c1ccc(OCCCCN(Cc2ccccc2OC)C(=O)c2ccc(Cl)cc2)c(C(C)(C)CC)c1. The molecule has 0 radical (unpaired) electrons. The predicted octanol–water partition coefficient (Wildman–Crippen LogP) is 9.23. The van der Waals surface area contributed by atoms with Crippen LogP contribution in [0.25, 0.3) is 0 Å². The second-order valence-electron chi connectivity index (χ2n) is 11.8. The summed E-state index contributed by atoms with van der Waals surface area (Å²) in [4.78, 5) is 15.4. The smallest absolute Gasteiger partial charge is 0.254 e. The van der Waals surface area contributed by atoms with Crippen LogP contribution in [0, 0.1) is 0 Å². The van der Waals surface area contributed by atoms with Crippen LogP contribution in [-0.4, -0.2) is 31.1 Å². The largest absolute Gasteiger partial charge is 0.496 e. The van der Waals surface area contributed by atoms with Crippen molar-refractivity contribution < 1.29 is 14.3 Å². The number of amides is 1. The maximum absolute atomic E-state index is 13.5. The highest BCUT2D eigenvalue weighted by Gasteiger charge is 2.26. The van der Waals surface area contributed by atoms with Crippen LogP contribution in [0.4, 0.5) is 0 Å². The molecule has 0 unspecified atom stereocenters. The second-order valence-corrected chi connectivity index (χ2v) is 12.2. The minimum absolute atomic E-state index is 0.0195. The zero-order chi connectivity index (χ0) is 29.3. The van der Waals surface area contributed by atoms with Crippen molar-refractivity contribution >= 4 is 17.5 Å². The lowest BCUT2D eigenvalue weighted by Crippen LogP contribution is -2.32. The first-order valence-electron chi connectivity index (χ1n) is 14.5. The number of benzene rings is 3. The highest BCUT2D eigenvalue weighted by Crippen LogP contribution is 2.38. The number of nitrogens with zero attached hydrogens (tertiary/aromatic N) is 1. The summed E-state index contributed by atoms with van der Waals surface area (Å²) in [6.07, 6.45) is 3.77. The van der Waals surface area contributed by atoms with Gasteiger partial charge in [-0.1, -0.05) is 83.5 Å². The normalized spacial score (nSPS) is 11.8. The van der Waals surface area contributed by atoms with Crippen LogP contribution in [0.15, 0.2) is 66.7 Å². The summed E-state index contributed by atoms with van der Waals surface area (Å²) in [5.41, 5.74) is 4.36. The molecule has 0 aromatic heterocycles. The number of ether oxygens (including phenoxy) is 2. The third kappa shape index (κ3) is 8.04. The highest BCUT2D eigenvalue weighted by molar-refractivity contribution is 6.30. The van der Waals surface area contributed by atoms with E-state index in [-0.39, 0.29) is 16.7 Å². The van der Waals surface area contributed by atoms with Gasteiger partial charge in [-0.05, 0) is 78.5 Å². The zero-order valence-corrected chi connectivity index (χ0v) is 26.1. The molecule has 3 rings (SSSR count). The molecule has 3 aromatic carbocycles. The molecule has 0 bridgehead atoms. The maximum Gasteiger partial charge on any atom is 0.254 e. The molecule has 1 amide bonds. The average Bonchev–Trinajstić information content (AvgIpc) is 2.96. The Balaban J connectivity index is 1.71. The minimum Gasteiger partial charge on any atom is -0.496 e. The van der Waals surface area contributed by atoms with E-state index >= 15 is 0 Å². The summed E-state index contributed by atoms with van der Waals surface area (Å²) in [7, 11) is 1.66. The molecule has 40 heavy (non-hydrogen) atoms. The number of carbonyl (C=O) groups is 1. The van der Waals surface area contributed by atoms with Gasteiger partial charge in [-0.3, -0.25) is 4.79 Å². The van der Waals surface area contributed by atoms with Crippen molar-refractivity contribution in [3.8, 4) is 11.5 Å². The molecule has 5 heteroatoms. The molecule has 0 spiro atoms. The molecule has 0 heterocycles. The first-order valence-corrected chi connectivity index (χ1v) is 14.8. The Morgan fingerprint density at radius 1 is 0.850 bits per heavy atom. The van der Waals surface area contributed by atoms with Gasteiger partial charge in [-0.25, -0.2) is 0 Å². The Bertz CT molecular complexity index is 1250. The van der Waals surface area contributed by atoms with Crippen LogP contribution >= 0.6 is 11.6 Å². The summed E-state index contributed by atoms with van der Waals surface area (Å²) >= 11 is 6.07. The first-order chi connectivity index (χ1) is 19.0. The number of carbonyl (C=O) groups excluding carboxylic acids is 1. The van der Waals surface area contributed by atoms with Gasteiger partial charge in [0.15, 0.2) is 0 Å². The fourth-order valence-corrected chi connectivity index (χ4v) is 4.78. The van der Waals surface area contributed by atoms with Gasteiger partial charge in [-0.2, -0.15) is 0 Å². The van der Waals surface area contributed by atoms with Gasteiger partial charge in [0.1, 0.15) is 11.5 Å². The molecule has 0 saturated carbocycles. The number of para-hydroxylation sites is 1. The topological polar surface area (TPSA) is 38.8 Å². The third-order valence-corrected chi connectivity index (χ3v) is 8.52. The van der Waals surface area contributed by atoms with Crippen LogP contribution in [0.2, 0.25) is 5.02 Å². The molecule has 0 atom stereocenters. The van der Waals surface area contributed by atoms with Crippen LogP contribution in [-0.2, 0) is 17.4 Å². The van der Waals surface area contributed by atoms with E-state index < -0.39 is 0 Å². The van der Waals surface area contributed by atoms with Gasteiger partial charge < -0.3 is 14.4 Å². The predicted molar refractivity (Wildman–Crippen MR) is 167 cm³/mol. The van der Waals surface area contributed by atoms with Crippen molar-refractivity contribution in [3.63, 3.8) is 0 Å². The molecule has 0 aliphatic carbocycles. The van der Waals surface area contributed by atoms with Crippen molar-refractivity contribution in [2.24, 2.45) is 0 Å².